The van der Waals surface area contributed by atoms with E-state index in [1.807, 2.05) is 25.1 Å². The molecule has 0 amide bonds. The standard InChI is InChI=1S/C18H21ClO2/c1-10(2)15-9-16(12(4)20)11(3)18(19)17(15)13-5-7-14(21)8-6-13/h5-10,12,20-21H,1-4H3. The van der Waals surface area contributed by atoms with Gasteiger partial charge in [0.15, 0.2) is 0 Å². The van der Waals surface area contributed by atoms with Crippen molar-refractivity contribution in [2.75, 3.05) is 0 Å². The van der Waals surface area contributed by atoms with Gasteiger partial charge >= 0.3 is 0 Å². The number of hydrogen-bond acceptors (Lipinski definition) is 2. The lowest BCUT2D eigenvalue weighted by atomic mass is 9.87. The van der Waals surface area contributed by atoms with Gasteiger partial charge in [-0.2, -0.15) is 0 Å². The highest BCUT2D eigenvalue weighted by molar-refractivity contribution is 6.34. The van der Waals surface area contributed by atoms with Crippen molar-refractivity contribution in [3.05, 3.63) is 52.0 Å². The topological polar surface area (TPSA) is 40.5 Å². The monoisotopic (exact) mass is 304 g/mol. The quantitative estimate of drug-likeness (QED) is 0.818. The lowest BCUT2D eigenvalue weighted by Crippen LogP contribution is -2.02. The molecule has 0 fully saturated rings. The van der Waals surface area contributed by atoms with Gasteiger partial charge in [0.2, 0.25) is 0 Å². The molecule has 0 radical (unpaired) electrons. The molecule has 0 spiro atoms. The fraction of sp³-hybridized carbons (Fsp3) is 0.333. The fourth-order valence-electron chi connectivity index (χ4n) is 2.60. The molecule has 112 valence electrons. The summed E-state index contributed by atoms with van der Waals surface area (Å²) in [6, 6.07) is 9.09. The van der Waals surface area contributed by atoms with Crippen molar-refractivity contribution in [1.82, 2.24) is 0 Å². The summed E-state index contributed by atoms with van der Waals surface area (Å²) < 4.78 is 0. The van der Waals surface area contributed by atoms with E-state index in [-0.39, 0.29) is 11.7 Å². The van der Waals surface area contributed by atoms with E-state index in [1.54, 1.807) is 19.1 Å². The van der Waals surface area contributed by atoms with Crippen LogP contribution in [0.15, 0.2) is 30.3 Å². The van der Waals surface area contributed by atoms with Crippen LogP contribution in [0.2, 0.25) is 5.02 Å². The molecule has 0 heterocycles. The molecule has 2 N–H and O–H groups in total. The largest absolute Gasteiger partial charge is 0.508 e. The normalized spacial score (nSPS) is 12.7. The minimum Gasteiger partial charge on any atom is -0.508 e. The fourth-order valence-corrected chi connectivity index (χ4v) is 2.93. The average molecular weight is 305 g/mol. The van der Waals surface area contributed by atoms with Crippen LogP contribution in [0.4, 0.5) is 0 Å². The molecule has 21 heavy (non-hydrogen) atoms. The third-order valence-corrected chi connectivity index (χ3v) is 4.28. The molecular weight excluding hydrogens is 284 g/mol. The van der Waals surface area contributed by atoms with Crippen LogP contribution in [0.5, 0.6) is 5.75 Å². The molecule has 2 aromatic rings. The molecule has 0 aliphatic carbocycles. The molecule has 0 aliphatic heterocycles. The lowest BCUT2D eigenvalue weighted by molar-refractivity contribution is 0.198. The second-order valence-corrected chi connectivity index (χ2v) is 6.12. The van der Waals surface area contributed by atoms with E-state index < -0.39 is 6.10 Å². The smallest absolute Gasteiger partial charge is 0.115 e. The summed E-state index contributed by atoms with van der Waals surface area (Å²) in [4.78, 5) is 0. The Hall–Kier alpha value is -1.51. The second-order valence-electron chi connectivity index (χ2n) is 5.75. The summed E-state index contributed by atoms with van der Waals surface area (Å²) >= 11 is 6.59. The van der Waals surface area contributed by atoms with Crippen LogP contribution in [0.3, 0.4) is 0 Å². The molecule has 0 aliphatic rings. The number of phenols is 1. The minimum absolute atomic E-state index is 0.235. The van der Waals surface area contributed by atoms with E-state index in [2.05, 4.69) is 13.8 Å². The Kier molecular flexibility index (Phi) is 4.60. The van der Waals surface area contributed by atoms with Gasteiger partial charge in [0.25, 0.3) is 0 Å². The summed E-state index contributed by atoms with van der Waals surface area (Å²) in [5.41, 5.74) is 4.83. The minimum atomic E-state index is -0.547. The van der Waals surface area contributed by atoms with Crippen molar-refractivity contribution in [1.29, 1.82) is 0 Å². The van der Waals surface area contributed by atoms with E-state index in [9.17, 15) is 10.2 Å². The summed E-state index contributed by atoms with van der Waals surface area (Å²) in [6.07, 6.45) is -0.547. The van der Waals surface area contributed by atoms with Gasteiger partial charge in [-0.1, -0.05) is 43.6 Å². The van der Waals surface area contributed by atoms with E-state index in [1.165, 1.54) is 0 Å². The van der Waals surface area contributed by atoms with Crippen molar-refractivity contribution in [2.24, 2.45) is 0 Å². The van der Waals surface area contributed by atoms with Crippen molar-refractivity contribution in [3.63, 3.8) is 0 Å². The number of hydrogen-bond donors (Lipinski definition) is 2. The van der Waals surface area contributed by atoms with Crippen LogP contribution < -0.4 is 0 Å². The van der Waals surface area contributed by atoms with Gasteiger partial charge in [-0.15, -0.1) is 0 Å². The molecule has 0 saturated carbocycles. The predicted molar refractivity (Wildman–Crippen MR) is 88.0 cm³/mol. The Balaban J connectivity index is 2.75. The van der Waals surface area contributed by atoms with Gasteiger partial charge in [0, 0.05) is 5.56 Å². The Morgan fingerprint density at radius 3 is 2.05 bits per heavy atom. The van der Waals surface area contributed by atoms with Crippen LogP contribution in [-0.2, 0) is 0 Å². The molecule has 0 aromatic heterocycles. The third kappa shape index (κ3) is 3.07. The van der Waals surface area contributed by atoms with Crippen LogP contribution in [0.25, 0.3) is 11.1 Å². The maximum Gasteiger partial charge on any atom is 0.115 e. The number of halogens is 1. The molecular formula is C18H21ClO2. The number of aliphatic hydroxyl groups is 1. The highest BCUT2D eigenvalue weighted by Crippen LogP contribution is 2.40. The van der Waals surface area contributed by atoms with Crippen LogP contribution in [-0.4, -0.2) is 10.2 Å². The first kappa shape index (κ1) is 15.9. The van der Waals surface area contributed by atoms with Crippen molar-refractivity contribution in [3.8, 4) is 16.9 Å². The summed E-state index contributed by atoms with van der Waals surface area (Å²) in [6.45, 7) is 7.90. The average Bonchev–Trinajstić information content (AvgIpc) is 2.42. The Morgan fingerprint density at radius 2 is 1.57 bits per heavy atom. The number of benzene rings is 2. The predicted octanol–water partition coefficient (Wildman–Crippen LogP) is 5.20. The first-order valence-electron chi connectivity index (χ1n) is 7.13. The van der Waals surface area contributed by atoms with Crippen LogP contribution in [0.1, 0.15) is 49.5 Å². The zero-order valence-corrected chi connectivity index (χ0v) is 13.6. The van der Waals surface area contributed by atoms with Gasteiger partial charge in [0.1, 0.15) is 5.75 Å². The molecule has 1 atom stereocenters. The molecule has 2 nitrogen and oxygen atoms in total. The SMILES string of the molecule is Cc1c(C(C)O)cc(C(C)C)c(-c2ccc(O)cc2)c1Cl. The van der Waals surface area contributed by atoms with Crippen molar-refractivity contribution >= 4 is 11.6 Å². The first-order valence-corrected chi connectivity index (χ1v) is 7.51. The third-order valence-electron chi connectivity index (χ3n) is 3.81. The molecule has 2 rings (SSSR count). The number of aliphatic hydroxyl groups excluding tert-OH is 1. The number of aromatic hydroxyl groups is 1. The van der Waals surface area contributed by atoms with Crippen LogP contribution in [0, 0.1) is 6.92 Å². The Labute approximate surface area is 131 Å². The molecule has 1 unspecified atom stereocenters. The molecule has 0 saturated heterocycles. The van der Waals surface area contributed by atoms with Gasteiger partial charge in [-0.3, -0.25) is 0 Å². The van der Waals surface area contributed by atoms with Crippen molar-refractivity contribution in [2.45, 2.75) is 39.7 Å². The highest BCUT2D eigenvalue weighted by Gasteiger charge is 2.19. The number of rotatable bonds is 3. The Morgan fingerprint density at radius 1 is 1.00 bits per heavy atom. The van der Waals surface area contributed by atoms with Gasteiger partial charge < -0.3 is 10.2 Å². The van der Waals surface area contributed by atoms with Crippen LogP contribution >= 0.6 is 11.6 Å². The van der Waals surface area contributed by atoms with E-state index in [0.717, 1.165) is 27.8 Å². The highest BCUT2D eigenvalue weighted by atomic mass is 35.5. The van der Waals surface area contributed by atoms with E-state index in [0.29, 0.717) is 5.02 Å². The molecule has 3 heteroatoms. The maximum absolute atomic E-state index is 9.94. The van der Waals surface area contributed by atoms with E-state index >= 15 is 0 Å². The molecule has 0 bridgehead atoms. The van der Waals surface area contributed by atoms with Gasteiger partial charge in [-0.25, -0.2) is 0 Å². The van der Waals surface area contributed by atoms with Crippen molar-refractivity contribution < 1.29 is 10.2 Å². The number of phenolic OH excluding ortho intramolecular Hbond substituents is 1. The summed E-state index contributed by atoms with van der Waals surface area (Å²) in [5.74, 6) is 0.516. The zero-order valence-electron chi connectivity index (χ0n) is 12.8. The lowest BCUT2D eigenvalue weighted by Gasteiger charge is -2.21. The molecule has 2 aromatic carbocycles. The first-order chi connectivity index (χ1) is 9.82. The Bertz CT molecular complexity index is 643. The maximum atomic E-state index is 9.94. The van der Waals surface area contributed by atoms with Gasteiger partial charge in [0.05, 0.1) is 11.1 Å². The zero-order chi connectivity index (χ0) is 15.7. The van der Waals surface area contributed by atoms with Gasteiger partial charge in [-0.05, 0) is 54.2 Å². The second kappa shape index (κ2) is 6.08. The van der Waals surface area contributed by atoms with E-state index in [4.69, 9.17) is 11.6 Å². The summed E-state index contributed by atoms with van der Waals surface area (Å²) in [5, 5.41) is 20.1. The summed E-state index contributed by atoms with van der Waals surface area (Å²) in [7, 11) is 0.